The fourth-order valence-corrected chi connectivity index (χ4v) is 3.80. The molecule has 1 aliphatic heterocycles. The fourth-order valence-electron chi connectivity index (χ4n) is 3.05. The molecule has 7 heteroatoms. The van der Waals surface area contributed by atoms with Gasteiger partial charge in [0.25, 0.3) is 5.91 Å². The van der Waals surface area contributed by atoms with Gasteiger partial charge in [-0.1, -0.05) is 29.8 Å². The van der Waals surface area contributed by atoms with Gasteiger partial charge in [0, 0.05) is 18.5 Å². The van der Waals surface area contributed by atoms with E-state index in [0.717, 1.165) is 28.6 Å². The van der Waals surface area contributed by atoms with Gasteiger partial charge in [0.05, 0.1) is 34.1 Å². The maximum Gasteiger partial charge on any atom is 0.291 e. The highest BCUT2D eigenvalue weighted by atomic mass is 79.9. The number of benzene rings is 2. The van der Waals surface area contributed by atoms with Gasteiger partial charge in [0.15, 0.2) is 5.76 Å². The van der Waals surface area contributed by atoms with Crippen molar-refractivity contribution in [2.75, 3.05) is 36.5 Å². The molecule has 0 saturated carbocycles. The second kappa shape index (κ2) is 7.31. The Bertz CT molecular complexity index is 967. The maximum atomic E-state index is 12.7. The van der Waals surface area contributed by atoms with E-state index in [1.54, 1.807) is 6.07 Å². The molecule has 2 aromatic carbocycles. The van der Waals surface area contributed by atoms with E-state index in [1.807, 2.05) is 36.4 Å². The second-order valence-electron chi connectivity index (χ2n) is 5.96. The first-order valence-corrected chi connectivity index (χ1v) is 9.41. The molecule has 26 heavy (non-hydrogen) atoms. The zero-order valence-corrected chi connectivity index (χ0v) is 16.1. The van der Waals surface area contributed by atoms with Crippen molar-refractivity contribution in [3.63, 3.8) is 0 Å². The van der Waals surface area contributed by atoms with Crippen molar-refractivity contribution < 1.29 is 13.9 Å². The van der Waals surface area contributed by atoms with Crippen molar-refractivity contribution in [2.24, 2.45) is 0 Å². The van der Waals surface area contributed by atoms with Crippen LogP contribution in [-0.2, 0) is 4.74 Å². The molecule has 0 bridgehead atoms. The Balaban J connectivity index is 1.64. The lowest BCUT2D eigenvalue weighted by molar-refractivity contribution is 0.0998. The normalized spacial score (nSPS) is 14.6. The van der Waals surface area contributed by atoms with Gasteiger partial charge in [-0.15, -0.1) is 0 Å². The molecule has 0 radical (unpaired) electrons. The number of halogens is 2. The van der Waals surface area contributed by atoms with Crippen LogP contribution >= 0.6 is 27.5 Å². The lowest BCUT2D eigenvalue weighted by atomic mass is 10.2. The van der Waals surface area contributed by atoms with Gasteiger partial charge in [-0.3, -0.25) is 4.79 Å². The number of ether oxygens (including phenoxy) is 1. The van der Waals surface area contributed by atoms with Gasteiger partial charge in [0.2, 0.25) is 0 Å². The molecule has 1 amide bonds. The summed E-state index contributed by atoms with van der Waals surface area (Å²) in [7, 11) is 0. The molecule has 4 rings (SSSR count). The van der Waals surface area contributed by atoms with Crippen LogP contribution in [0.4, 0.5) is 11.4 Å². The Morgan fingerprint density at radius 2 is 1.92 bits per heavy atom. The van der Waals surface area contributed by atoms with E-state index in [1.165, 1.54) is 0 Å². The van der Waals surface area contributed by atoms with Crippen LogP contribution in [0.3, 0.4) is 0 Å². The van der Waals surface area contributed by atoms with Crippen LogP contribution in [0, 0.1) is 0 Å². The van der Waals surface area contributed by atoms with E-state index in [2.05, 4.69) is 26.1 Å². The molecule has 0 spiro atoms. The van der Waals surface area contributed by atoms with Crippen molar-refractivity contribution in [1.29, 1.82) is 0 Å². The number of para-hydroxylation sites is 2. The number of carbonyl (C=O) groups excluding carboxylic acids is 1. The SMILES string of the molecule is O=C(Nc1cccc(Cl)c1N1CCOCC1)c1cc2cccc(Br)c2o1. The number of nitrogens with one attached hydrogen (secondary N) is 1. The zero-order chi connectivity index (χ0) is 18.1. The second-order valence-corrected chi connectivity index (χ2v) is 7.22. The third-order valence-electron chi connectivity index (χ3n) is 4.28. The Morgan fingerprint density at radius 1 is 1.15 bits per heavy atom. The van der Waals surface area contributed by atoms with Gasteiger partial charge in [-0.2, -0.15) is 0 Å². The zero-order valence-electron chi connectivity index (χ0n) is 13.8. The number of rotatable bonds is 3. The standard InChI is InChI=1S/C19H16BrClN2O3/c20-13-4-1-3-12-11-16(26-18(12)13)19(24)22-15-6-2-5-14(21)17(15)23-7-9-25-10-8-23/h1-6,11H,7-10H2,(H,22,24). The Hall–Kier alpha value is -2.02. The van der Waals surface area contributed by atoms with E-state index < -0.39 is 0 Å². The van der Waals surface area contributed by atoms with Crippen molar-refractivity contribution in [1.82, 2.24) is 0 Å². The van der Waals surface area contributed by atoms with Crippen molar-refractivity contribution in [3.05, 3.63) is 57.7 Å². The first-order chi connectivity index (χ1) is 12.6. The van der Waals surface area contributed by atoms with E-state index in [9.17, 15) is 4.79 Å². The summed E-state index contributed by atoms with van der Waals surface area (Å²) in [4.78, 5) is 14.9. The van der Waals surface area contributed by atoms with E-state index >= 15 is 0 Å². The molecule has 5 nitrogen and oxygen atoms in total. The number of nitrogens with zero attached hydrogens (tertiary/aromatic N) is 1. The van der Waals surface area contributed by atoms with Crippen LogP contribution in [0.5, 0.6) is 0 Å². The van der Waals surface area contributed by atoms with Gasteiger partial charge in [0.1, 0.15) is 5.58 Å². The molecular formula is C19H16BrClN2O3. The maximum absolute atomic E-state index is 12.7. The molecule has 3 aromatic rings. The van der Waals surface area contributed by atoms with Crippen molar-refractivity contribution in [3.8, 4) is 0 Å². The minimum absolute atomic E-state index is 0.250. The summed E-state index contributed by atoms with van der Waals surface area (Å²) in [5, 5.41) is 4.39. The van der Waals surface area contributed by atoms with Gasteiger partial charge < -0.3 is 19.4 Å². The molecule has 1 aliphatic rings. The number of fused-ring (bicyclic) bond motifs is 1. The number of anilines is 2. The van der Waals surface area contributed by atoms with Crippen molar-refractivity contribution in [2.45, 2.75) is 0 Å². The number of carbonyl (C=O) groups is 1. The predicted octanol–water partition coefficient (Wildman–Crippen LogP) is 4.94. The summed E-state index contributed by atoms with van der Waals surface area (Å²) in [5.41, 5.74) is 2.11. The predicted molar refractivity (Wildman–Crippen MR) is 106 cm³/mol. The molecule has 0 unspecified atom stereocenters. The monoisotopic (exact) mass is 434 g/mol. The minimum atomic E-state index is -0.315. The average molecular weight is 436 g/mol. The summed E-state index contributed by atoms with van der Waals surface area (Å²) in [6.45, 7) is 2.72. The van der Waals surface area contributed by atoms with Crippen LogP contribution in [-0.4, -0.2) is 32.2 Å². The van der Waals surface area contributed by atoms with Crippen molar-refractivity contribution >= 4 is 55.8 Å². The lowest BCUT2D eigenvalue weighted by Crippen LogP contribution is -2.37. The average Bonchev–Trinajstić information content (AvgIpc) is 3.08. The smallest absolute Gasteiger partial charge is 0.291 e. The number of hydrogen-bond acceptors (Lipinski definition) is 4. The lowest BCUT2D eigenvalue weighted by Gasteiger charge is -2.31. The highest BCUT2D eigenvalue weighted by Crippen LogP contribution is 2.35. The number of furan rings is 1. The molecule has 0 atom stereocenters. The van der Waals surface area contributed by atoms with Crippen LogP contribution in [0.2, 0.25) is 5.02 Å². The Labute approximate surface area is 164 Å². The molecule has 1 saturated heterocycles. The first kappa shape index (κ1) is 17.4. The first-order valence-electron chi connectivity index (χ1n) is 8.24. The highest BCUT2D eigenvalue weighted by molar-refractivity contribution is 9.10. The summed E-state index contributed by atoms with van der Waals surface area (Å²) < 4.78 is 11.9. The number of morpholine rings is 1. The third-order valence-corrected chi connectivity index (χ3v) is 5.21. The largest absolute Gasteiger partial charge is 0.450 e. The van der Waals surface area contributed by atoms with E-state index in [4.69, 9.17) is 20.8 Å². The van der Waals surface area contributed by atoms with Crippen LogP contribution in [0.1, 0.15) is 10.6 Å². The van der Waals surface area contributed by atoms with E-state index in [0.29, 0.717) is 29.5 Å². The van der Waals surface area contributed by atoms with Crippen LogP contribution < -0.4 is 10.2 Å². The fraction of sp³-hybridized carbons (Fsp3) is 0.211. The quantitative estimate of drug-likeness (QED) is 0.633. The number of amides is 1. The third kappa shape index (κ3) is 3.32. The molecule has 1 aromatic heterocycles. The molecular weight excluding hydrogens is 420 g/mol. The van der Waals surface area contributed by atoms with Crippen LogP contribution in [0.25, 0.3) is 11.0 Å². The molecule has 1 fully saturated rings. The summed E-state index contributed by atoms with van der Waals surface area (Å²) >= 11 is 9.85. The van der Waals surface area contributed by atoms with Gasteiger partial charge in [-0.25, -0.2) is 0 Å². The molecule has 134 valence electrons. The summed E-state index contributed by atoms with van der Waals surface area (Å²) in [5.74, 6) is -0.0651. The van der Waals surface area contributed by atoms with E-state index in [-0.39, 0.29) is 11.7 Å². The molecule has 0 aliphatic carbocycles. The van der Waals surface area contributed by atoms with Crippen LogP contribution in [0.15, 0.2) is 51.4 Å². The molecule has 1 N–H and O–H groups in total. The highest BCUT2D eigenvalue weighted by Gasteiger charge is 2.21. The minimum Gasteiger partial charge on any atom is -0.450 e. The van der Waals surface area contributed by atoms with Gasteiger partial charge in [-0.05, 0) is 40.2 Å². The Morgan fingerprint density at radius 3 is 2.69 bits per heavy atom. The topological polar surface area (TPSA) is 54.7 Å². The number of hydrogen-bond donors (Lipinski definition) is 1. The summed E-state index contributed by atoms with van der Waals surface area (Å²) in [6, 6.07) is 12.9. The Kier molecular flexibility index (Phi) is 4.89. The summed E-state index contributed by atoms with van der Waals surface area (Å²) in [6.07, 6.45) is 0. The molecule has 2 heterocycles. The van der Waals surface area contributed by atoms with Gasteiger partial charge >= 0.3 is 0 Å².